The molecule has 1 aliphatic heterocycles. The molecule has 17 heavy (non-hydrogen) atoms. The van der Waals surface area contributed by atoms with Crippen LogP contribution in [0.4, 0.5) is 0 Å². The molecule has 0 aliphatic carbocycles. The number of hydrogen-bond donors (Lipinski definition) is 1. The summed E-state index contributed by atoms with van der Waals surface area (Å²) in [5.74, 6) is 0. The van der Waals surface area contributed by atoms with E-state index in [-0.39, 0.29) is 0 Å². The van der Waals surface area contributed by atoms with Gasteiger partial charge in [0.05, 0.1) is 6.10 Å². The SMILES string of the molecule is CCCNC(CCC1CCCO1)c1cccs1. The van der Waals surface area contributed by atoms with Gasteiger partial charge in [-0.3, -0.25) is 0 Å². The summed E-state index contributed by atoms with van der Waals surface area (Å²) >= 11 is 1.86. The van der Waals surface area contributed by atoms with Gasteiger partial charge in [-0.1, -0.05) is 13.0 Å². The van der Waals surface area contributed by atoms with Gasteiger partial charge >= 0.3 is 0 Å². The minimum atomic E-state index is 0.515. The van der Waals surface area contributed by atoms with Crippen molar-refractivity contribution in [2.24, 2.45) is 0 Å². The summed E-state index contributed by atoms with van der Waals surface area (Å²) in [6.07, 6.45) is 6.61. The molecule has 1 N–H and O–H groups in total. The summed E-state index contributed by atoms with van der Waals surface area (Å²) in [5.41, 5.74) is 0. The van der Waals surface area contributed by atoms with Crippen molar-refractivity contribution in [2.45, 2.75) is 51.2 Å². The van der Waals surface area contributed by atoms with Gasteiger partial charge in [-0.05, 0) is 50.1 Å². The van der Waals surface area contributed by atoms with Gasteiger partial charge < -0.3 is 10.1 Å². The van der Waals surface area contributed by atoms with Crippen molar-refractivity contribution in [1.29, 1.82) is 0 Å². The Labute approximate surface area is 108 Å². The van der Waals surface area contributed by atoms with E-state index >= 15 is 0 Å². The van der Waals surface area contributed by atoms with Crippen LogP contribution in [-0.4, -0.2) is 19.3 Å². The highest BCUT2D eigenvalue weighted by Crippen LogP contribution is 2.26. The summed E-state index contributed by atoms with van der Waals surface area (Å²) < 4.78 is 5.70. The fourth-order valence-electron chi connectivity index (χ4n) is 2.38. The summed E-state index contributed by atoms with van der Waals surface area (Å²) in [6, 6.07) is 4.92. The molecule has 1 aromatic rings. The van der Waals surface area contributed by atoms with Crippen molar-refractivity contribution in [3.05, 3.63) is 22.4 Å². The van der Waals surface area contributed by atoms with Crippen molar-refractivity contribution in [2.75, 3.05) is 13.2 Å². The van der Waals surface area contributed by atoms with E-state index < -0.39 is 0 Å². The molecule has 3 heteroatoms. The molecule has 2 unspecified atom stereocenters. The number of ether oxygens (including phenoxy) is 1. The molecule has 2 atom stereocenters. The quantitative estimate of drug-likeness (QED) is 0.799. The first-order valence-corrected chi connectivity index (χ1v) is 7.66. The fraction of sp³-hybridized carbons (Fsp3) is 0.714. The van der Waals surface area contributed by atoms with Crippen molar-refractivity contribution in [3.8, 4) is 0 Å². The molecule has 1 saturated heterocycles. The van der Waals surface area contributed by atoms with Crippen LogP contribution >= 0.6 is 11.3 Å². The van der Waals surface area contributed by atoms with Crippen LogP contribution in [0.2, 0.25) is 0 Å². The lowest BCUT2D eigenvalue weighted by Gasteiger charge is -2.19. The Balaban J connectivity index is 1.82. The minimum absolute atomic E-state index is 0.515. The summed E-state index contributed by atoms with van der Waals surface area (Å²) in [7, 11) is 0. The Morgan fingerprint density at radius 1 is 1.59 bits per heavy atom. The van der Waals surface area contributed by atoms with Gasteiger partial charge in [0.2, 0.25) is 0 Å². The van der Waals surface area contributed by atoms with Crippen LogP contribution in [0.5, 0.6) is 0 Å². The van der Waals surface area contributed by atoms with Gasteiger partial charge in [0.15, 0.2) is 0 Å². The van der Waals surface area contributed by atoms with Crippen molar-refractivity contribution in [3.63, 3.8) is 0 Å². The highest BCUT2D eigenvalue weighted by atomic mass is 32.1. The Kier molecular flexibility index (Phi) is 5.49. The summed E-state index contributed by atoms with van der Waals surface area (Å²) in [5, 5.41) is 5.82. The predicted molar refractivity (Wildman–Crippen MR) is 73.6 cm³/mol. The van der Waals surface area contributed by atoms with Crippen LogP contribution in [-0.2, 0) is 4.74 Å². The van der Waals surface area contributed by atoms with E-state index in [1.807, 2.05) is 11.3 Å². The Bertz CT molecular complexity index is 293. The monoisotopic (exact) mass is 253 g/mol. The maximum atomic E-state index is 5.70. The Morgan fingerprint density at radius 3 is 3.18 bits per heavy atom. The molecule has 1 fully saturated rings. The third kappa shape index (κ3) is 4.09. The van der Waals surface area contributed by atoms with Crippen molar-refractivity contribution in [1.82, 2.24) is 5.32 Å². The topological polar surface area (TPSA) is 21.3 Å². The molecular weight excluding hydrogens is 230 g/mol. The van der Waals surface area contributed by atoms with Crippen LogP contribution in [0.3, 0.4) is 0 Å². The van der Waals surface area contributed by atoms with Crippen LogP contribution in [0.1, 0.15) is 49.9 Å². The first kappa shape index (κ1) is 13.1. The minimum Gasteiger partial charge on any atom is -0.378 e. The van der Waals surface area contributed by atoms with Gasteiger partial charge in [-0.25, -0.2) is 0 Å². The van der Waals surface area contributed by atoms with Gasteiger partial charge in [-0.2, -0.15) is 0 Å². The predicted octanol–water partition coefficient (Wildman–Crippen LogP) is 3.75. The smallest absolute Gasteiger partial charge is 0.0576 e. The van der Waals surface area contributed by atoms with Gasteiger partial charge in [0.1, 0.15) is 0 Å². The fourth-order valence-corrected chi connectivity index (χ4v) is 3.21. The van der Waals surface area contributed by atoms with E-state index in [0.717, 1.165) is 13.2 Å². The lowest BCUT2D eigenvalue weighted by molar-refractivity contribution is 0.0997. The van der Waals surface area contributed by atoms with Crippen molar-refractivity contribution >= 4 is 11.3 Å². The van der Waals surface area contributed by atoms with Crippen molar-refractivity contribution < 1.29 is 4.74 Å². The largest absolute Gasteiger partial charge is 0.378 e. The second kappa shape index (κ2) is 7.14. The third-order valence-corrected chi connectivity index (χ3v) is 4.31. The maximum Gasteiger partial charge on any atom is 0.0576 e. The molecule has 0 amide bonds. The van der Waals surface area contributed by atoms with Crippen LogP contribution < -0.4 is 5.32 Å². The molecule has 0 spiro atoms. The zero-order valence-corrected chi connectivity index (χ0v) is 11.5. The Morgan fingerprint density at radius 2 is 2.53 bits per heavy atom. The third-order valence-electron chi connectivity index (χ3n) is 3.33. The Hall–Kier alpha value is -0.380. The molecule has 0 saturated carbocycles. The zero-order chi connectivity index (χ0) is 11.9. The molecule has 96 valence electrons. The van der Waals surface area contributed by atoms with Gasteiger partial charge in [-0.15, -0.1) is 11.3 Å². The second-order valence-corrected chi connectivity index (χ2v) is 5.71. The second-order valence-electron chi connectivity index (χ2n) is 4.73. The average Bonchev–Trinajstić information content (AvgIpc) is 3.01. The van der Waals surface area contributed by atoms with Crippen LogP contribution in [0, 0.1) is 0 Å². The number of hydrogen-bond acceptors (Lipinski definition) is 3. The van der Waals surface area contributed by atoms with Crippen LogP contribution in [0.25, 0.3) is 0 Å². The molecule has 0 radical (unpaired) electrons. The summed E-state index contributed by atoms with van der Waals surface area (Å²) in [6.45, 7) is 4.30. The molecule has 2 nitrogen and oxygen atoms in total. The normalized spacial score (nSPS) is 21.8. The van der Waals surface area contributed by atoms with Crippen LogP contribution in [0.15, 0.2) is 17.5 Å². The van der Waals surface area contributed by atoms with E-state index in [2.05, 4.69) is 29.8 Å². The van der Waals surface area contributed by atoms with E-state index in [4.69, 9.17) is 4.74 Å². The molecular formula is C14H23NOS. The highest BCUT2D eigenvalue weighted by molar-refractivity contribution is 7.10. The molecule has 0 aromatic carbocycles. The molecule has 1 aliphatic rings. The van der Waals surface area contributed by atoms with E-state index in [9.17, 15) is 0 Å². The molecule has 1 aromatic heterocycles. The van der Waals surface area contributed by atoms with E-state index in [0.29, 0.717) is 12.1 Å². The summed E-state index contributed by atoms with van der Waals surface area (Å²) in [4.78, 5) is 1.47. The van der Waals surface area contributed by atoms with Gasteiger partial charge in [0.25, 0.3) is 0 Å². The molecule has 0 bridgehead atoms. The maximum absolute atomic E-state index is 5.70. The average molecular weight is 253 g/mol. The highest BCUT2D eigenvalue weighted by Gasteiger charge is 2.18. The lowest BCUT2D eigenvalue weighted by atomic mass is 10.0. The zero-order valence-electron chi connectivity index (χ0n) is 10.7. The van der Waals surface area contributed by atoms with Gasteiger partial charge in [0, 0.05) is 17.5 Å². The first-order valence-electron chi connectivity index (χ1n) is 6.78. The number of nitrogens with one attached hydrogen (secondary N) is 1. The lowest BCUT2D eigenvalue weighted by Crippen LogP contribution is -2.22. The molecule has 2 heterocycles. The van der Waals surface area contributed by atoms with E-state index in [1.54, 1.807) is 0 Å². The van der Waals surface area contributed by atoms with E-state index in [1.165, 1.54) is 37.0 Å². The first-order chi connectivity index (χ1) is 8.40. The molecule has 2 rings (SSSR count). The standard InChI is InChI=1S/C14H23NOS/c1-2-9-15-13(14-6-4-11-17-14)8-7-12-5-3-10-16-12/h4,6,11-13,15H,2-3,5,7-10H2,1H3. The number of rotatable bonds is 7. The number of thiophene rings is 1.